The lowest BCUT2D eigenvalue weighted by Crippen LogP contribution is -2.40. The van der Waals surface area contributed by atoms with Crippen molar-refractivity contribution in [1.82, 2.24) is 5.32 Å². The zero-order valence-electron chi connectivity index (χ0n) is 10.2. The first-order valence-electron chi connectivity index (χ1n) is 5.91. The second-order valence-corrected chi connectivity index (χ2v) is 6.23. The second kappa shape index (κ2) is 6.29. The summed E-state index contributed by atoms with van der Waals surface area (Å²) in [6.45, 7) is 7.23. The Kier molecular flexibility index (Phi) is 4.99. The molecule has 0 aromatic carbocycles. The molecular formula is C12H18BrNO2S. The van der Waals surface area contributed by atoms with E-state index in [1.165, 1.54) is 14.2 Å². The van der Waals surface area contributed by atoms with Gasteiger partial charge in [0.25, 0.3) is 0 Å². The molecular weight excluding hydrogens is 302 g/mol. The molecule has 2 rings (SSSR count). The molecule has 1 aliphatic rings. The van der Waals surface area contributed by atoms with Crippen molar-refractivity contribution in [3.05, 3.63) is 20.3 Å². The predicted octanol–water partition coefficient (Wildman–Crippen LogP) is 2.89. The Hall–Kier alpha value is 0.0600. The first kappa shape index (κ1) is 13.5. The third-order valence-electron chi connectivity index (χ3n) is 2.76. The zero-order chi connectivity index (χ0) is 12.3. The van der Waals surface area contributed by atoms with Crippen LogP contribution in [0.1, 0.15) is 22.7 Å². The smallest absolute Gasteiger partial charge is 0.101 e. The molecule has 1 fully saturated rings. The number of hydrogen-bond acceptors (Lipinski definition) is 4. The molecule has 1 aliphatic heterocycles. The highest BCUT2D eigenvalue weighted by Gasteiger charge is 2.28. The highest BCUT2D eigenvalue weighted by atomic mass is 79.9. The minimum atomic E-state index is 0.109. The first-order valence-corrected chi connectivity index (χ1v) is 7.52. The molecule has 0 bridgehead atoms. The largest absolute Gasteiger partial charge is 0.376 e. The van der Waals surface area contributed by atoms with Gasteiger partial charge in [-0.3, -0.25) is 0 Å². The lowest BCUT2D eigenvalue weighted by atomic mass is 10.1. The van der Waals surface area contributed by atoms with Gasteiger partial charge in [0.2, 0.25) is 0 Å². The number of hydrogen-bond donors (Lipinski definition) is 1. The molecule has 1 N–H and O–H groups in total. The number of halogens is 1. The van der Waals surface area contributed by atoms with Gasteiger partial charge in [-0.15, -0.1) is 11.3 Å². The van der Waals surface area contributed by atoms with Crippen LogP contribution in [0.5, 0.6) is 0 Å². The van der Waals surface area contributed by atoms with Gasteiger partial charge in [0.15, 0.2) is 0 Å². The Labute approximate surface area is 115 Å². The maximum Gasteiger partial charge on any atom is 0.101 e. The molecule has 0 amide bonds. The van der Waals surface area contributed by atoms with Crippen LogP contribution in [0.4, 0.5) is 0 Å². The van der Waals surface area contributed by atoms with E-state index in [0.29, 0.717) is 19.8 Å². The SMILES string of the molecule is CCNC(c1sc(C)cc1Br)C1COCCO1. The van der Waals surface area contributed by atoms with Gasteiger partial charge in [-0.25, -0.2) is 0 Å². The minimum absolute atomic E-state index is 0.109. The molecule has 5 heteroatoms. The average Bonchev–Trinajstić information content (AvgIpc) is 2.66. The Morgan fingerprint density at radius 3 is 2.94 bits per heavy atom. The van der Waals surface area contributed by atoms with E-state index in [1.54, 1.807) is 0 Å². The Morgan fingerprint density at radius 1 is 1.59 bits per heavy atom. The van der Waals surface area contributed by atoms with E-state index < -0.39 is 0 Å². The van der Waals surface area contributed by atoms with Crippen molar-refractivity contribution in [2.24, 2.45) is 0 Å². The molecule has 0 saturated carbocycles. The average molecular weight is 320 g/mol. The summed E-state index contributed by atoms with van der Waals surface area (Å²) >= 11 is 5.44. The van der Waals surface area contributed by atoms with E-state index in [4.69, 9.17) is 9.47 Å². The molecule has 17 heavy (non-hydrogen) atoms. The number of likely N-dealkylation sites (N-methyl/N-ethyl adjacent to an activating group) is 1. The number of rotatable bonds is 4. The summed E-state index contributed by atoms with van der Waals surface area (Å²) in [6.07, 6.45) is 0.109. The molecule has 0 aliphatic carbocycles. The lowest BCUT2D eigenvalue weighted by Gasteiger charge is -2.30. The van der Waals surface area contributed by atoms with Crippen molar-refractivity contribution in [3.8, 4) is 0 Å². The van der Waals surface area contributed by atoms with Crippen LogP contribution in [-0.4, -0.2) is 32.5 Å². The molecule has 2 heterocycles. The van der Waals surface area contributed by atoms with Gasteiger partial charge in [-0.1, -0.05) is 6.92 Å². The number of thiophene rings is 1. The van der Waals surface area contributed by atoms with Gasteiger partial charge in [0.1, 0.15) is 6.10 Å². The quantitative estimate of drug-likeness (QED) is 0.925. The predicted molar refractivity (Wildman–Crippen MR) is 73.7 cm³/mol. The van der Waals surface area contributed by atoms with Crippen LogP contribution in [0.3, 0.4) is 0 Å². The third-order valence-corrected chi connectivity index (χ3v) is 4.81. The topological polar surface area (TPSA) is 30.5 Å². The van der Waals surface area contributed by atoms with Crippen LogP contribution in [0.2, 0.25) is 0 Å². The fourth-order valence-electron chi connectivity index (χ4n) is 2.02. The molecule has 2 unspecified atom stereocenters. The van der Waals surface area contributed by atoms with Gasteiger partial charge in [0.05, 0.1) is 25.9 Å². The van der Waals surface area contributed by atoms with E-state index >= 15 is 0 Å². The monoisotopic (exact) mass is 319 g/mol. The van der Waals surface area contributed by atoms with Crippen LogP contribution in [0, 0.1) is 6.92 Å². The summed E-state index contributed by atoms with van der Waals surface area (Å²) in [5.41, 5.74) is 0. The summed E-state index contributed by atoms with van der Waals surface area (Å²) < 4.78 is 12.5. The van der Waals surface area contributed by atoms with Crippen molar-refractivity contribution >= 4 is 27.3 Å². The Bertz CT molecular complexity index is 363. The first-order chi connectivity index (χ1) is 8.22. The number of nitrogens with one attached hydrogen (secondary N) is 1. The summed E-state index contributed by atoms with van der Waals surface area (Å²) in [5.74, 6) is 0. The Balaban J connectivity index is 2.18. The number of ether oxygens (including phenoxy) is 2. The van der Waals surface area contributed by atoms with Crippen LogP contribution in [0.25, 0.3) is 0 Å². The van der Waals surface area contributed by atoms with Crippen molar-refractivity contribution in [2.75, 3.05) is 26.4 Å². The van der Waals surface area contributed by atoms with E-state index in [1.807, 2.05) is 11.3 Å². The Morgan fingerprint density at radius 2 is 2.41 bits per heavy atom. The van der Waals surface area contributed by atoms with Gasteiger partial charge < -0.3 is 14.8 Å². The van der Waals surface area contributed by atoms with Crippen LogP contribution in [-0.2, 0) is 9.47 Å². The van der Waals surface area contributed by atoms with E-state index in [2.05, 4.69) is 41.2 Å². The molecule has 96 valence electrons. The highest BCUT2D eigenvalue weighted by Crippen LogP contribution is 2.35. The molecule has 2 atom stereocenters. The minimum Gasteiger partial charge on any atom is -0.376 e. The van der Waals surface area contributed by atoms with Crippen LogP contribution in [0.15, 0.2) is 10.5 Å². The fraction of sp³-hybridized carbons (Fsp3) is 0.667. The second-order valence-electron chi connectivity index (χ2n) is 4.09. The van der Waals surface area contributed by atoms with E-state index in [-0.39, 0.29) is 12.1 Å². The van der Waals surface area contributed by atoms with E-state index in [9.17, 15) is 0 Å². The molecule has 1 saturated heterocycles. The summed E-state index contributed by atoms with van der Waals surface area (Å²) in [6, 6.07) is 2.38. The van der Waals surface area contributed by atoms with Gasteiger partial charge in [-0.2, -0.15) is 0 Å². The van der Waals surface area contributed by atoms with Crippen molar-refractivity contribution in [2.45, 2.75) is 26.0 Å². The van der Waals surface area contributed by atoms with Crippen LogP contribution < -0.4 is 5.32 Å². The van der Waals surface area contributed by atoms with Crippen molar-refractivity contribution in [3.63, 3.8) is 0 Å². The lowest BCUT2D eigenvalue weighted by molar-refractivity contribution is -0.102. The van der Waals surface area contributed by atoms with Gasteiger partial charge in [0, 0.05) is 14.2 Å². The fourth-order valence-corrected chi connectivity index (χ4v) is 4.05. The summed E-state index contributed by atoms with van der Waals surface area (Å²) in [7, 11) is 0. The summed E-state index contributed by atoms with van der Waals surface area (Å²) in [4.78, 5) is 2.62. The standard InChI is InChI=1S/C12H18BrNO2S/c1-3-14-11(10-7-15-4-5-16-10)12-9(13)6-8(2)17-12/h6,10-11,14H,3-5,7H2,1-2H3. The maximum atomic E-state index is 5.81. The molecule has 0 radical (unpaired) electrons. The molecule has 0 spiro atoms. The molecule has 3 nitrogen and oxygen atoms in total. The van der Waals surface area contributed by atoms with Crippen LogP contribution >= 0.6 is 27.3 Å². The van der Waals surface area contributed by atoms with Gasteiger partial charge in [-0.05, 0) is 35.5 Å². The molecule has 1 aromatic heterocycles. The number of aryl methyl sites for hydroxylation is 1. The maximum absolute atomic E-state index is 5.81. The third kappa shape index (κ3) is 3.29. The summed E-state index contributed by atoms with van der Waals surface area (Å²) in [5, 5.41) is 3.50. The normalized spacial score (nSPS) is 22.6. The van der Waals surface area contributed by atoms with E-state index in [0.717, 1.165) is 6.54 Å². The van der Waals surface area contributed by atoms with Gasteiger partial charge >= 0.3 is 0 Å². The van der Waals surface area contributed by atoms with Crippen molar-refractivity contribution < 1.29 is 9.47 Å². The zero-order valence-corrected chi connectivity index (χ0v) is 12.6. The highest BCUT2D eigenvalue weighted by molar-refractivity contribution is 9.10. The molecule has 1 aromatic rings. The van der Waals surface area contributed by atoms with Crippen molar-refractivity contribution in [1.29, 1.82) is 0 Å².